The zero-order chi connectivity index (χ0) is 16.4. The molecule has 2 heterocycles. The topological polar surface area (TPSA) is 67.1 Å². The number of nitrogen functional groups attached to an aromatic ring is 1. The lowest BCUT2D eigenvalue weighted by Gasteiger charge is -2.35. The van der Waals surface area contributed by atoms with Crippen molar-refractivity contribution in [2.24, 2.45) is 0 Å². The maximum absolute atomic E-state index is 13.3. The molecule has 0 spiro atoms. The fraction of sp³-hybridized carbons (Fsp3) is 0.375. The van der Waals surface area contributed by atoms with Crippen LogP contribution in [0.3, 0.4) is 0 Å². The quantitative estimate of drug-likeness (QED) is 0.888. The summed E-state index contributed by atoms with van der Waals surface area (Å²) < 4.78 is 13.3. The Hall–Kier alpha value is -2.08. The van der Waals surface area contributed by atoms with Crippen molar-refractivity contribution in [1.82, 2.24) is 9.97 Å². The number of benzene rings is 1. The number of nitrogens with zero attached hydrogens (tertiary/aromatic N) is 3. The van der Waals surface area contributed by atoms with E-state index in [2.05, 4.69) is 27.1 Å². The molecular formula is C16H19ClFN5. The molecule has 122 valence electrons. The van der Waals surface area contributed by atoms with Crippen molar-refractivity contribution in [1.29, 1.82) is 0 Å². The molecule has 0 saturated carbocycles. The van der Waals surface area contributed by atoms with Gasteiger partial charge >= 0.3 is 0 Å². The van der Waals surface area contributed by atoms with Gasteiger partial charge in [0.25, 0.3) is 0 Å². The number of rotatable bonds is 3. The van der Waals surface area contributed by atoms with Crippen molar-refractivity contribution in [3.05, 3.63) is 35.4 Å². The highest BCUT2D eigenvalue weighted by Gasteiger charge is 2.23. The Morgan fingerprint density at radius 2 is 2.17 bits per heavy atom. The summed E-state index contributed by atoms with van der Waals surface area (Å²) in [5.74, 6) is 0.772. The van der Waals surface area contributed by atoms with E-state index >= 15 is 0 Å². The average molecular weight is 336 g/mol. The Morgan fingerprint density at radius 3 is 2.91 bits per heavy atom. The monoisotopic (exact) mass is 335 g/mol. The summed E-state index contributed by atoms with van der Waals surface area (Å²) in [6.45, 7) is 3.11. The van der Waals surface area contributed by atoms with Gasteiger partial charge in [0.05, 0.1) is 5.02 Å². The van der Waals surface area contributed by atoms with E-state index in [1.165, 1.54) is 24.9 Å². The first-order valence-corrected chi connectivity index (χ1v) is 8.03. The van der Waals surface area contributed by atoms with Crippen molar-refractivity contribution >= 4 is 34.6 Å². The van der Waals surface area contributed by atoms with Crippen LogP contribution in [0.1, 0.15) is 26.2 Å². The van der Waals surface area contributed by atoms with Crippen LogP contribution in [-0.2, 0) is 0 Å². The van der Waals surface area contributed by atoms with E-state index in [1.807, 2.05) is 0 Å². The lowest BCUT2D eigenvalue weighted by molar-refractivity contribution is 0.481. The second-order valence-corrected chi connectivity index (χ2v) is 6.16. The second-order valence-electron chi connectivity index (χ2n) is 5.75. The number of anilines is 4. The van der Waals surface area contributed by atoms with Crippen molar-refractivity contribution in [2.75, 3.05) is 22.5 Å². The molecule has 5 nitrogen and oxygen atoms in total. The van der Waals surface area contributed by atoms with E-state index in [0.717, 1.165) is 25.2 Å². The molecule has 1 unspecified atom stereocenters. The Labute approximate surface area is 139 Å². The van der Waals surface area contributed by atoms with Gasteiger partial charge in [0, 0.05) is 18.3 Å². The SMILES string of the molecule is CC1CCCCN1c1ncnc(Nc2ccc(F)c(Cl)c2)c1N. The van der Waals surface area contributed by atoms with Gasteiger partial charge in [0.1, 0.15) is 17.8 Å². The number of piperidine rings is 1. The van der Waals surface area contributed by atoms with Crippen LogP contribution < -0.4 is 16.0 Å². The minimum Gasteiger partial charge on any atom is -0.393 e. The van der Waals surface area contributed by atoms with Gasteiger partial charge in [-0.25, -0.2) is 14.4 Å². The van der Waals surface area contributed by atoms with Crippen LogP contribution in [0, 0.1) is 5.82 Å². The Kier molecular flexibility index (Phi) is 4.52. The molecule has 7 heteroatoms. The summed E-state index contributed by atoms with van der Waals surface area (Å²) in [5.41, 5.74) is 7.37. The molecule has 23 heavy (non-hydrogen) atoms. The van der Waals surface area contributed by atoms with E-state index in [0.29, 0.717) is 23.2 Å². The molecule has 2 aromatic rings. The third-order valence-corrected chi connectivity index (χ3v) is 4.41. The van der Waals surface area contributed by atoms with E-state index < -0.39 is 5.82 Å². The smallest absolute Gasteiger partial charge is 0.159 e. The number of halogens is 2. The van der Waals surface area contributed by atoms with E-state index in [-0.39, 0.29) is 5.02 Å². The van der Waals surface area contributed by atoms with Gasteiger partial charge in [-0.2, -0.15) is 0 Å². The fourth-order valence-corrected chi connectivity index (χ4v) is 3.02. The van der Waals surface area contributed by atoms with Gasteiger partial charge in [-0.15, -0.1) is 0 Å². The van der Waals surface area contributed by atoms with Crippen molar-refractivity contribution < 1.29 is 4.39 Å². The maximum Gasteiger partial charge on any atom is 0.159 e. The Bertz CT molecular complexity index is 709. The molecule has 3 rings (SSSR count). The average Bonchev–Trinajstić information content (AvgIpc) is 2.54. The van der Waals surface area contributed by atoms with Gasteiger partial charge in [-0.3, -0.25) is 0 Å². The molecule has 0 bridgehead atoms. The molecule has 1 aliphatic heterocycles. The lowest BCUT2D eigenvalue weighted by Crippen LogP contribution is -2.38. The highest BCUT2D eigenvalue weighted by Crippen LogP contribution is 2.32. The van der Waals surface area contributed by atoms with Crippen LogP contribution in [0.2, 0.25) is 5.02 Å². The largest absolute Gasteiger partial charge is 0.393 e. The zero-order valence-corrected chi connectivity index (χ0v) is 13.6. The van der Waals surface area contributed by atoms with Gasteiger partial charge in [-0.05, 0) is 44.4 Å². The third-order valence-electron chi connectivity index (χ3n) is 4.12. The fourth-order valence-electron chi connectivity index (χ4n) is 2.84. The molecule has 0 aliphatic carbocycles. The van der Waals surface area contributed by atoms with Crippen LogP contribution in [-0.4, -0.2) is 22.6 Å². The summed E-state index contributed by atoms with van der Waals surface area (Å²) in [6, 6.07) is 4.79. The minimum atomic E-state index is -0.462. The number of aromatic nitrogens is 2. The van der Waals surface area contributed by atoms with Gasteiger partial charge in [0.2, 0.25) is 0 Å². The van der Waals surface area contributed by atoms with Crippen LogP contribution in [0.4, 0.5) is 27.4 Å². The standard InChI is InChI=1S/C16H19ClFN5/c1-10-4-2-3-7-23(10)16-14(19)15(20-9-21-16)22-11-5-6-13(18)12(17)8-11/h5-6,8-10H,2-4,7,19H2,1H3,(H,20,21,22). The molecule has 0 radical (unpaired) electrons. The van der Waals surface area contributed by atoms with Crippen molar-refractivity contribution in [3.63, 3.8) is 0 Å². The first-order chi connectivity index (χ1) is 11.1. The summed E-state index contributed by atoms with van der Waals surface area (Å²) in [5, 5.41) is 3.13. The van der Waals surface area contributed by atoms with Crippen molar-refractivity contribution in [2.45, 2.75) is 32.2 Å². The summed E-state index contributed by atoms with van der Waals surface area (Å²) in [6.07, 6.45) is 4.96. The predicted molar refractivity (Wildman–Crippen MR) is 91.8 cm³/mol. The molecule has 3 N–H and O–H groups in total. The number of hydrogen-bond acceptors (Lipinski definition) is 5. The molecular weight excluding hydrogens is 317 g/mol. The normalized spacial score (nSPS) is 18.0. The first-order valence-electron chi connectivity index (χ1n) is 7.65. The highest BCUT2D eigenvalue weighted by atomic mass is 35.5. The maximum atomic E-state index is 13.3. The van der Waals surface area contributed by atoms with E-state index in [1.54, 1.807) is 6.07 Å². The van der Waals surface area contributed by atoms with Crippen LogP contribution >= 0.6 is 11.6 Å². The minimum absolute atomic E-state index is 0.0486. The summed E-state index contributed by atoms with van der Waals surface area (Å²) >= 11 is 5.80. The van der Waals surface area contributed by atoms with Crippen LogP contribution in [0.25, 0.3) is 0 Å². The first kappa shape index (κ1) is 15.8. The number of nitrogens with one attached hydrogen (secondary N) is 1. The van der Waals surface area contributed by atoms with E-state index in [4.69, 9.17) is 17.3 Å². The molecule has 1 atom stereocenters. The molecule has 1 fully saturated rings. The molecule has 1 saturated heterocycles. The van der Waals surface area contributed by atoms with E-state index in [9.17, 15) is 4.39 Å². The number of nitrogens with two attached hydrogens (primary N) is 1. The van der Waals surface area contributed by atoms with Crippen LogP contribution in [0.15, 0.2) is 24.5 Å². The molecule has 1 aromatic carbocycles. The van der Waals surface area contributed by atoms with Crippen LogP contribution in [0.5, 0.6) is 0 Å². The zero-order valence-electron chi connectivity index (χ0n) is 12.9. The molecule has 1 aromatic heterocycles. The second kappa shape index (κ2) is 6.58. The lowest BCUT2D eigenvalue weighted by atomic mass is 10.0. The molecule has 0 amide bonds. The predicted octanol–water partition coefficient (Wildman–Crippen LogP) is 3.97. The van der Waals surface area contributed by atoms with Gasteiger partial charge in [0.15, 0.2) is 11.6 Å². The Morgan fingerprint density at radius 1 is 1.35 bits per heavy atom. The summed E-state index contributed by atoms with van der Waals surface area (Å²) in [7, 11) is 0. The Balaban J connectivity index is 1.88. The summed E-state index contributed by atoms with van der Waals surface area (Å²) in [4.78, 5) is 10.8. The van der Waals surface area contributed by atoms with Gasteiger partial charge < -0.3 is 16.0 Å². The molecule has 1 aliphatic rings. The number of hydrogen-bond donors (Lipinski definition) is 2. The van der Waals surface area contributed by atoms with Crippen molar-refractivity contribution in [3.8, 4) is 0 Å². The highest BCUT2D eigenvalue weighted by molar-refractivity contribution is 6.31. The third kappa shape index (κ3) is 3.32. The van der Waals surface area contributed by atoms with Gasteiger partial charge in [-0.1, -0.05) is 11.6 Å².